The molecule has 102 valence electrons. The minimum absolute atomic E-state index is 0.0287. The van der Waals surface area contributed by atoms with Crippen molar-refractivity contribution in [3.63, 3.8) is 0 Å². The number of carboxylic acids is 1. The normalized spacial score (nSPS) is 14.6. The smallest absolute Gasteiger partial charge is 0.423 e. The van der Waals surface area contributed by atoms with E-state index in [4.69, 9.17) is 5.11 Å². The summed E-state index contributed by atoms with van der Waals surface area (Å²) in [5, 5.41) is 6.70. The Morgan fingerprint density at radius 3 is 1.61 bits per heavy atom. The highest BCUT2D eigenvalue weighted by Crippen LogP contribution is 2.37. The summed E-state index contributed by atoms with van der Waals surface area (Å²) in [6.07, 6.45) is -11.7. The maximum atomic E-state index is 12.3. The molecular formula is C8H3ClF6O3. The van der Waals surface area contributed by atoms with Gasteiger partial charge in [0.1, 0.15) is 0 Å². The molecule has 0 spiro atoms. The van der Waals surface area contributed by atoms with Gasteiger partial charge in [-0.25, -0.2) is 4.79 Å². The van der Waals surface area contributed by atoms with Gasteiger partial charge in [0.25, 0.3) is 0 Å². The molecule has 0 unspecified atom stereocenters. The molecule has 0 radical (unpaired) electrons. The first-order valence-electron chi connectivity index (χ1n) is 3.87. The van der Waals surface area contributed by atoms with Crippen molar-refractivity contribution in [2.24, 2.45) is 0 Å². The van der Waals surface area contributed by atoms with Crippen LogP contribution in [-0.2, 0) is 9.59 Å². The minimum Gasteiger partial charge on any atom is -0.478 e. The van der Waals surface area contributed by atoms with E-state index >= 15 is 0 Å². The lowest BCUT2D eigenvalue weighted by molar-refractivity contribution is -0.149. The number of alkyl halides is 6. The minimum atomic E-state index is -5.74. The Morgan fingerprint density at radius 2 is 1.39 bits per heavy atom. The molecular weight excluding hydrogens is 294 g/mol. The third-order valence-corrected chi connectivity index (χ3v) is 1.58. The van der Waals surface area contributed by atoms with Crippen LogP contribution in [0, 0.1) is 0 Å². The van der Waals surface area contributed by atoms with Crippen molar-refractivity contribution >= 4 is 22.8 Å². The number of carboxylic acid groups (broad SMARTS) is 1. The van der Waals surface area contributed by atoms with Gasteiger partial charge < -0.3 is 5.11 Å². The van der Waals surface area contributed by atoms with Gasteiger partial charge in [-0.3, -0.25) is 4.79 Å². The summed E-state index contributed by atoms with van der Waals surface area (Å²) in [5.41, 5.74) is -5.35. The van der Waals surface area contributed by atoms with Gasteiger partial charge in [-0.15, -0.1) is 0 Å². The standard InChI is InChI=1S/C8H3ClF6O3/c9-4(16)2-1-3(7(10,11)12)5(6(17)18)8(13,14)15/h1-2H,(H,17,18)/b2-1+,5-3-. The molecule has 3 nitrogen and oxygen atoms in total. The van der Waals surface area contributed by atoms with E-state index in [-0.39, 0.29) is 12.2 Å². The summed E-state index contributed by atoms with van der Waals surface area (Å²) in [4.78, 5) is 20.4. The van der Waals surface area contributed by atoms with E-state index in [1.807, 2.05) is 0 Å². The second-order valence-electron chi connectivity index (χ2n) is 2.73. The van der Waals surface area contributed by atoms with Gasteiger partial charge in [-0.2, -0.15) is 26.3 Å². The van der Waals surface area contributed by atoms with E-state index in [0.29, 0.717) is 0 Å². The van der Waals surface area contributed by atoms with E-state index < -0.39 is 34.7 Å². The molecule has 0 atom stereocenters. The van der Waals surface area contributed by atoms with Gasteiger partial charge in [0.2, 0.25) is 5.24 Å². The summed E-state index contributed by atoms with van der Waals surface area (Å²) >= 11 is 4.63. The molecule has 0 fully saturated rings. The SMILES string of the molecule is O=C(Cl)/C=C/C(=C(\C(=O)O)C(F)(F)F)C(F)(F)F. The van der Waals surface area contributed by atoms with Gasteiger partial charge >= 0.3 is 18.3 Å². The molecule has 0 aliphatic carbocycles. The maximum Gasteiger partial charge on any atom is 0.423 e. The Bertz CT molecular complexity index is 418. The van der Waals surface area contributed by atoms with Crippen molar-refractivity contribution in [1.82, 2.24) is 0 Å². The molecule has 0 aliphatic rings. The zero-order chi connectivity index (χ0) is 14.7. The highest BCUT2D eigenvalue weighted by Gasteiger charge is 2.48. The number of carbonyl (C=O) groups is 2. The van der Waals surface area contributed by atoms with Crippen molar-refractivity contribution in [2.45, 2.75) is 12.4 Å². The number of allylic oxidation sites excluding steroid dienone is 3. The predicted molar refractivity (Wildman–Crippen MR) is 46.8 cm³/mol. The molecule has 0 aliphatic heterocycles. The van der Waals surface area contributed by atoms with Crippen molar-refractivity contribution in [2.75, 3.05) is 0 Å². The van der Waals surface area contributed by atoms with Gasteiger partial charge in [-0.05, 0) is 23.8 Å². The van der Waals surface area contributed by atoms with E-state index in [2.05, 4.69) is 11.6 Å². The molecule has 1 N–H and O–H groups in total. The quantitative estimate of drug-likeness (QED) is 0.377. The molecule has 0 aromatic heterocycles. The van der Waals surface area contributed by atoms with Crippen molar-refractivity contribution in [3.8, 4) is 0 Å². The molecule has 0 aromatic rings. The molecule has 0 saturated carbocycles. The van der Waals surface area contributed by atoms with E-state index in [1.54, 1.807) is 0 Å². The number of carbonyl (C=O) groups excluding carboxylic acids is 1. The number of rotatable bonds is 3. The van der Waals surface area contributed by atoms with Crippen LogP contribution in [0.15, 0.2) is 23.3 Å². The Balaban J connectivity index is 6.07. The van der Waals surface area contributed by atoms with Crippen molar-refractivity contribution in [1.29, 1.82) is 0 Å². The summed E-state index contributed by atoms with van der Waals surface area (Å²) in [7, 11) is 0. The second kappa shape index (κ2) is 5.42. The van der Waals surface area contributed by atoms with Crippen molar-refractivity contribution < 1.29 is 41.0 Å². The average Bonchev–Trinajstić information content (AvgIpc) is 2.06. The number of hydrogen-bond acceptors (Lipinski definition) is 2. The van der Waals surface area contributed by atoms with Gasteiger partial charge in [0.05, 0.1) is 5.57 Å². The third-order valence-electron chi connectivity index (χ3n) is 1.45. The fraction of sp³-hybridized carbons (Fsp3) is 0.250. The van der Waals surface area contributed by atoms with E-state index in [1.165, 1.54) is 0 Å². The lowest BCUT2D eigenvalue weighted by Crippen LogP contribution is -2.26. The maximum absolute atomic E-state index is 12.3. The monoisotopic (exact) mass is 296 g/mol. The largest absolute Gasteiger partial charge is 0.478 e. The van der Waals surface area contributed by atoms with Crippen LogP contribution in [0.4, 0.5) is 26.3 Å². The number of halogens is 7. The topological polar surface area (TPSA) is 54.4 Å². The van der Waals surface area contributed by atoms with Crippen LogP contribution < -0.4 is 0 Å². The van der Waals surface area contributed by atoms with Gasteiger partial charge in [0.15, 0.2) is 5.57 Å². The average molecular weight is 297 g/mol. The number of aliphatic carboxylic acids is 1. The zero-order valence-electron chi connectivity index (χ0n) is 8.06. The second-order valence-corrected chi connectivity index (χ2v) is 3.10. The lowest BCUT2D eigenvalue weighted by atomic mass is 10.1. The van der Waals surface area contributed by atoms with Crippen LogP contribution in [-0.4, -0.2) is 28.7 Å². The van der Waals surface area contributed by atoms with Crippen LogP contribution in [0.25, 0.3) is 0 Å². The fourth-order valence-electron chi connectivity index (χ4n) is 0.858. The van der Waals surface area contributed by atoms with Crippen LogP contribution >= 0.6 is 11.6 Å². The van der Waals surface area contributed by atoms with E-state index in [9.17, 15) is 35.9 Å². The Morgan fingerprint density at radius 1 is 0.944 bits per heavy atom. The van der Waals surface area contributed by atoms with Crippen LogP contribution in [0.2, 0.25) is 0 Å². The van der Waals surface area contributed by atoms with Gasteiger partial charge in [-0.1, -0.05) is 0 Å². The van der Waals surface area contributed by atoms with E-state index in [0.717, 1.165) is 0 Å². The molecule has 0 aromatic carbocycles. The van der Waals surface area contributed by atoms with Gasteiger partial charge in [0, 0.05) is 0 Å². The van der Waals surface area contributed by atoms with Crippen LogP contribution in [0.1, 0.15) is 0 Å². The molecule has 10 heteroatoms. The fourth-order valence-corrected chi connectivity index (χ4v) is 0.921. The lowest BCUT2D eigenvalue weighted by Gasteiger charge is -2.14. The first-order valence-corrected chi connectivity index (χ1v) is 4.24. The molecule has 0 amide bonds. The predicted octanol–water partition coefficient (Wildman–Crippen LogP) is 2.81. The van der Waals surface area contributed by atoms with Crippen LogP contribution in [0.5, 0.6) is 0 Å². The summed E-state index contributed by atoms with van der Waals surface area (Å²) < 4.78 is 73.4. The van der Waals surface area contributed by atoms with Crippen LogP contribution in [0.3, 0.4) is 0 Å². The molecule has 0 heterocycles. The summed E-state index contributed by atoms with van der Waals surface area (Å²) in [6, 6.07) is 0. The molecule has 0 bridgehead atoms. The first-order chi connectivity index (χ1) is 7.87. The highest BCUT2D eigenvalue weighted by atomic mass is 35.5. The zero-order valence-corrected chi connectivity index (χ0v) is 8.82. The third kappa shape index (κ3) is 4.78. The summed E-state index contributed by atoms with van der Waals surface area (Å²) in [6.45, 7) is 0. The Kier molecular flexibility index (Phi) is 4.97. The summed E-state index contributed by atoms with van der Waals surface area (Å²) in [5.74, 6) is -2.82. The van der Waals surface area contributed by atoms with Crippen molar-refractivity contribution in [3.05, 3.63) is 23.3 Å². The Hall–Kier alpha value is -1.51. The first kappa shape index (κ1) is 16.5. The Labute approximate surface area is 100 Å². The molecule has 18 heavy (non-hydrogen) atoms. The number of hydrogen-bond donors (Lipinski definition) is 1. The molecule has 0 rings (SSSR count). The molecule has 0 saturated heterocycles. The highest BCUT2D eigenvalue weighted by molar-refractivity contribution is 6.66.